The van der Waals surface area contributed by atoms with Crippen molar-refractivity contribution in [3.8, 4) is 11.8 Å². The number of aromatic nitrogens is 2. The van der Waals surface area contributed by atoms with Crippen molar-refractivity contribution in [2.24, 2.45) is 5.73 Å². The summed E-state index contributed by atoms with van der Waals surface area (Å²) in [5.74, 6) is 5.87. The van der Waals surface area contributed by atoms with Crippen LogP contribution in [0.5, 0.6) is 0 Å². The summed E-state index contributed by atoms with van der Waals surface area (Å²) in [6.07, 6.45) is 3.14. The maximum atomic E-state index is 11.9. The summed E-state index contributed by atoms with van der Waals surface area (Å²) in [6, 6.07) is 3.46. The predicted molar refractivity (Wildman–Crippen MR) is 75.0 cm³/mol. The van der Waals surface area contributed by atoms with Crippen molar-refractivity contribution in [3.05, 3.63) is 40.0 Å². The molecule has 0 bridgehead atoms. The van der Waals surface area contributed by atoms with Gasteiger partial charge in [-0.25, -0.2) is 9.97 Å². The Hall–Kier alpha value is -2.23. The van der Waals surface area contributed by atoms with Crippen molar-refractivity contribution >= 4 is 23.1 Å². The topological polar surface area (TPSA) is 80.9 Å². The average molecular weight is 272 g/mol. The molecule has 2 rings (SSSR count). The number of rotatable bonds is 2. The highest BCUT2D eigenvalue weighted by molar-refractivity contribution is 7.13. The van der Waals surface area contributed by atoms with E-state index in [4.69, 9.17) is 5.73 Å². The highest BCUT2D eigenvalue weighted by atomic mass is 32.1. The average Bonchev–Trinajstić information content (AvgIpc) is 2.83. The highest BCUT2D eigenvalue weighted by Crippen LogP contribution is 2.14. The Morgan fingerprint density at radius 2 is 2.37 bits per heavy atom. The summed E-state index contributed by atoms with van der Waals surface area (Å²) in [5, 5.41) is 3.56. The number of anilines is 1. The van der Waals surface area contributed by atoms with Gasteiger partial charge >= 0.3 is 0 Å². The third-order valence-electron chi connectivity index (χ3n) is 2.18. The number of nitrogens with one attached hydrogen (secondary N) is 1. The second kappa shape index (κ2) is 6.09. The van der Waals surface area contributed by atoms with Crippen LogP contribution in [0.3, 0.4) is 0 Å². The zero-order chi connectivity index (χ0) is 13.7. The number of amides is 1. The fourth-order valence-corrected chi connectivity index (χ4v) is 2.05. The number of carbonyl (C=O) groups is 1. The summed E-state index contributed by atoms with van der Waals surface area (Å²) >= 11 is 1.34. The van der Waals surface area contributed by atoms with Crippen molar-refractivity contribution in [1.82, 2.24) is 9.97 Å². The van der Waals surface area contributed by atoms with E-state index in [9.17, 15) is 4.79 Å². The summed E-state index contributed by atoms with van der Waals surface area (Å²) in [5.41, 5.74) is 6.07. The van der Waals surface area contributed by atoms with Gasteiger partial charge in [-0.15, -0.1) is 11.3 Å². The smallest absolute Gasteiger partial charge is 0.268 e. The minimum atomic E-state index is -0.220. The molecule has 0 unspecified atom stereocenters. The predicted octanol–water partition coefficient (Wildman–Crippen LogP) is 1.41. The molecule has 0 aliphatic carbocycles. The Morgan fingerprint density at radius 1 is 1.53 bits per heavy atom. The van der Waals surface area contributed by atoms with Crippen LogP contribution in [0.25, 0.3) is 0 Å². The van der Waals surface area contributed by atoms with E-state index in [0.29, 0.717) is 17.2 Å². The molecular weight excluding hydrogens is 260 g/mol. The van der Waals surface area contributed by atoms with Crippen LogP contribution in [-0.2, 0) is 0 Å². The van der Waals surface area contributed by atoms with E-state index in [-0.39, 0.29) is 5.91 Å². The monoisotopic (exact) mass is 272 g/mol. The molecule has 0 saturated carbocycles. The third-order valence-corrected chi connectivity index (χ3v) is 3.09. The van der Waals surface area contributed by atoms with Gasteiger partial charge in [-0.3, -0.25) is 4.79 Å². The lowest BCUT2D eigenvalue weighted by Gasteiger charge is -2.02. The Labute approximate surface area is 114 Å². The van der Waals surface area contributed by atoms with Crippen LogP contribution >= 0.6 is 11.3 Å². The van der Waals surface area contributed by atoms with Gasteiger partial charge in [0.25, 0.3) is 5.91 Å². The number of hydrogen-bond donors (Lipinski definition) is 2. The molecule has 5 nitrogen and oxygen atoms in total. The molecule has 2 aromatic rings. The van der Waals surface area contributed by atoms with E-state index in [1.165, 1.54) is 11.3 Å². The van der Waals surface area contributed by atoms with Gasteiger partial charge in [0.15, 0.2) is 0 Å². The zero-order valence-corrected chi connectivity index (χ0v) is 11.1. The lowest BCUT2D eigenvalue weighted by Crippen LogP contribution is -2.11. The second-order valence-electron chi connectivity index (χ2n) is 3.63. The fraction of sp³-hybridized carbons (Fsp3) is 0.154. The first-order valence-electron chi connectivity index (χ1n) is 5.58. The van der Waals surface area contributed by atoms with Crippen LogP contribution in [-0.4, -0.2) is 22.4 Å². The first-order chi connectivity index (χ1) is 9.19. The number of nitrogens with zero attached hydrogens (tertiary/aromatic N) is 2. The van der Waals surface area contributed by atoms with Crippen LogP contribution in [0, 0.1) is 18.8 Å². The number of nitrogens with two attached hydrogens (primary N) is 1. The Morgan fingerprint density at radius 3 is 3.05 bits per heavy atom. The summed E-state index contributed by atoms with van der Waals surface area (Å²) < 4.78 is 0. The van der Waals surface area contributed by atoms with Crippen molar-refractivity contribution in [2.75, 3.05) is 11.9 Å². The molecule has 3 N–H and O–H groups in total. The minimum Gasteiger partial charge on any atom is -0.320 e. The number of carbonyl (C=O) groups excluding carboxylic acids is 1. The third kappa shape index (κ3) is 3.61. The molecule has 0 aromatic carbocycles. The lowest BCUT2D eigenvalue weighted by atomic mass is 10.2. The first kappa shape index (κ1) is 13.2. The van der Waals surface area contributed by atoms with E-state index >= 15 is 0 Å². The van der Waals surface area contributed by atoms with E-state index in [2.05, 4.69) is 27.1 Å². The van der Waals surface area contributed by atoms with Crippen LogP contribution in [0.2, 0.25) is 0 Å². The molecule has 1 amide bonds. The van der Waals surface area contributed by atoms with E-state index in [0.717, 1.165) is 10.6 Å². The van der Waals surface area contributed by atoms with Gasteiger partial charge in [0.05, 0.1) is 17.7 Å². The number of hydrogen-bond acceptors (Lipinski definition) is 5. The highest BCUT2D eigenvalue weighted by Gasteiger charge is 2.09. The standard InChI is InChI=1S/C13H12N4OS/c1-9-16-8-11(19-9)13(18)17-12-7-10(3-2-5-14)4-6-15-12/h4,6-8H,5,14H2,1H3,(H,15,17,18). The Bertz CT molecular complexity index is 654. The quantitative estimate of drug-likeness (QED) is 0.810. The number of thiazole rings is 1. The minimum absolute atomic E-state index is 0.220. The van der Waals surface area contributed by atoms with Gasteiger partial charge in [-0.05, 0) is 19.1 Å². The molecular formula is C13H12N4OS. The molecule has 0 aliphatic rings. The van der Waals surface area contributed by atoms with Gasteiger partial charge in [0, 0.05) is 11.8 Å². The van der Waals surface area contributed by atoms with Gasteiger partial charge in [0.2, 0.25) is 0 Å². The molecule has 0 atom stereocenters. The molecule has 0 fully saturated rings. The Balaban J connectivity index is 2.13. The Kier molecular flexibility index (Phi) is 4.23. The molecule has 0 saturated heterocycles. The maximum absolute atomic E-state index is 11.9. The molecule has 0 radical (unpaired) electrons. The summed E-state index contributed by atoms with van der Waals surface area (Å²) in [6.45, 7) is 2.15. The van der Waals surface area contributed by atoms with Crippen molar-refractivity contribution in [2.45, 2.75) is 6.92 Å². The molecule has 0 aliphatic heterocycles. The molecule has 96 valence electrons. The molecule has 6 heteroatoms. The van der Waals surface area contributed by atoms with Crippen molar-refractivity contribution in [1.29, 1.82) is 0 Å². The molecule has 2 heterocycles. The van der Waals surface area contributed by atoms with Crippen molar-refractivity contribution < 1.29 is 4.79 Å². The van der Waals surface area contributed by atoms with E-state index in [1.807, 2.05) is 6.92 Å². The van der Waals surface area contributed by atoms with E-state index in [1.54, 1.807) is 24.5 Å². The lowest BCUT2D eigenvalue weighted by molar-refractivity contribution is 0.103. The zero-order valence-electron chi connectivity index (χ0n) is 10.3. The largest absolute Gasteiger partial charge is 0.320 e. The SMILES string of the molecule is Cc1ncc(C(=O)Nc2cc(C#CCN)ccn2)s1. The van der Waals surface area contributed by atoms with E-state index < -0.39 is 0 Å². The summed E-state index contributed by atoms with van der Waals surface area (Å²) in [4.78, 5) is 20.6. The van der Waals surface area contributed by atoms with Gasteiger partial charge in [0.1, 0.15) is 10.7 Å². The molecule has 0 spiro atoms. The van der Waals surface area contributed by atoms with Gasteiger partial charge in [-0.1, -0.05) is 11.8 Å². The fourth-order valence-electron chi connectivity index (χ4n) is 1.37. The van der Waals surface area contributed by atoms with Crippen LogP contribution in [0.15, 0.2) is 24.5 Å². The molecule has 2 aromatic heterocycles. The first-order valence-corrected chi connectivity index (χ1v) is 6.39. The van der Waals surface area contributed by atoms with Gasteiger partial charge in [-0.2, -0.15) is 0 Å². The van der Waals surface area contributed by atoms with Crippen LogP contribution < -0.4 is 11.1 Å². The normalized spacial score (nSPS) is 9.58. The number of aryl methyl sites for hydroxylation is 1. The summed E-state index contributed by atoms with van der Waals surface area (Å²) in [7, 11) is 0. The molecule has 19 heavy (non-hydrogen) atoms. The van der Waals surface area contributed by atoms with Crippen LogP contribution in [0.1, 0.15) is 20.2 Å². The number of pyridine rings is 1. The van der Waals surface area contributed by atoms with Crippen molar-refractivity contribution in [3.63, 3.8) is 0 Å². The maximum Gasteiger partial charge on any atom is 0.268 e. The van der Waals surface area contributed by atoms with Gasteiger partial charge < -0.3 is 11.1 Å². The second-order valence-corrected chi connectivity index (χ2v) is 4.87. The van der Waals surface area contributed by atoms with Crippen LogP contribution in [0.4, 0.5) is 5.82 Å².